The lowest BCUT2D eigenvalue weighted by Crippen LogP contribution is -2.38. The van der Waals surface area contributed by atoms with Gasteiger partial charge in [0.25, 0.3) is 0 Å². The highest BCUT2D eigenvalue weighted by Gasteiger charge is 2.45. The minimum atomic E-state index is -0.241. The molecule has 1 saturated heterocycles. The summed E-state index contributed by atoms with van der Waals surface area (Å²) in [6.07, 6.45) is 0.920. The molecule has 1 aliphatic rings. The molecular weight excluding hydrogens is 297 g/mol. The van der Waals surface area contributed by atoms with Crippen LogP contribution in [0.1, 0.15) is 34.1 Å². The summed E-state index contributed by atoms with van der Waals surface area (Å²) in [6, 6.07) is 4.88. The van der Waals surface area contributed by atoms with E-state index in [0.717, 1.165) is 16.6 Å². The lowest BCUT2D eigenvalue weighted by Gasteiger charge is -2.28. The summed E-state index contributed by atoms with van der Waals surface area (Å²) < 4.78 is 19.8. The number of hydrogen-bond acceptors (Lipinski definition) is 2. The molecule has 1 atom stereocenters. The van der Waals surface area contributed by atoms with Gasteiger partial charge in [-0.1, -0.05) is 0 Å². The molecule has 2 rings (SSSR count). The maximum absolute atomic E-state index is 13.1. The molecule has 0 radical (unpaired) electrons. The van der Waals surface area contributed by atoms with Crippen molar-refractivity contribution in [2.75, 3.05) is 5.32 Å². The topological polar surface area (TPSA) is 21.3 Å². The Morgan fingerprint density at radius 2 is 2.00 bits per heavy atom. The summed E-state index contributed by atoms with van der Waals surface area (Å²) >= 11 is 3.38. The smallest absolute Gasteiger partial charge is 0.124 e. The number of anilines is 1. The molecule has 1 aliphatic heterocycles. The fourth-order valence-corrected chi connectivity index (χ4v) is 3.05. The molecule has 1 fully saturated rings. The second kappa shape index (κ2) is 4.49. The molecule has 1 unspecified atom stereocenters. The number of ether oxygens (including phenoxy) is 1. The number of halogens is 2. The van der Waals surface area contributed by atoms with Gasteiger partial charge in [0.1, 0.15) is 5.82 Å². The van der Waals surface area contributed by atoms with Crippen molar-refractivity contribution in [1.82, 2.24) is 0 Å². The summed E-state index contributed by atoms with van der Waals surface area (Å²) in [5, 5.41) is 3.44. The lowest BCUT2D eigenvalue weighted by molar-refractivity contribution is -0.0662. The summed E-state index contributed by atoms with van der Waals surface area (Å²) in [4.78, 5) is 0. The molecule has 1 N–H and O–H groups in total. The largest absolute Gasteiger partial charge is 0.378 e. The predicted molar refractivity (Wildman–Crippen MR) is 75.4 cm³/mol. The van der Waals surface area contributed by atoms with Crippen LogP contribution in [0.2, 0.25) is 0 Å². The average Bonchev–Trinajstić information content (AvgIpc) is 2.39. The van der Waals surface area contributed by atoms with Crippen molar-refractivity contribution >= 4 is 21.6 Å². The van der Waals surface area contributed by atoms with Crippen LogP contribution < -0.4 is 5.32 Å². The molecule has 100 valence electrons. The third-order valence-corrected chi connectivity index (χ3v) is 3.99. The van der Waals surface area contributed by atoms with Crippen molar-refractivity contribution in [3.05, 3.63) is 28.5 Å². The zero-order valence-electron chi connectivity index (χ0n) is 11.2. The van der Waals surface area contributed by atoms with Gasteiger partial charge in [-0.15, -0.1) is 0 Å². The van der Waals surface area contributed by atoms with Gasteiger partial charge >= 0.3 is 0 Å². The first kappa shape index (κ1) is 13.8. The van der Waals surface area contributed by atoms with Gasteiger partial charge in [-0.2, -0.15) is 0 Å². The minimum Gasteiger partial charge on any atom is -0.378 e. The summed E-state index contributed by atoms with van der Waals surface area (Å²) in [5.41, 5.74) is 0.529. The first-order valence-electron chi connectivity index (χ1n) is 6.11. The Kier molecular flexibility index (Phi) is 3.45. The van der Waals surface area contributed by atoms with E-state index >= 15 is 0 Å². The third-order valence-electron chi connectivity index (χ3n) is 3.34. The van der Waals surface area contributed by atoms with E-state index in [1.165, 1.54) is 12.1 Å². The summed E-state index contributed by atoms with van der Waals surface area (Å²) in [7, 11) is 0. The van der Waals surface area contributed by atoms with E-state index < -0.39 is 0 Å². The standard InChI is InChI=1S/C14H19BrFNO/c1-13(2)8-12(14(3,4)18-13)17-11-6-5-9(16)7-10(11)15/h5-7,12,17H,8H2,1-4H3. The molecule has 0 aliphatic carbocycles. The molecule has 0 bridgehead atoms. The molecule has 0 saturated carbocycles. The normalized spacial score (nSPS) is 25.1. The fraction of sp³-hybridized carbons (Fsp3) is 0.571. The van der Waals surface area contributed by atoms with Crippen LogP contribution >= 0.6 is 15.9 Å². The third kappa shape index (κ3) is 2.86. The molecule has 1 aromatic rings. The maximum atomic E-state index is 13.1. The zero-order chi connectivity index (χ0) is 13.6. The van der Waals surface area contributed by atoms with Gasteiger partial charge in [0.05, 0.1) is 17.2 Å². The Labute approximate surface area is 116 Å². The van der Waals surface area contributed by atoms with Crippen LogP contribution in [0.15, 0.2) is 22.7 Å². The second-order valence-corrected chi connectivity index (χ2v) is 6.84. The first-order chi connectivity index (χ1) is 8.20. The molecule has 18 heavy (non-hydrogen) atoms. The van der Waals surface area contributed by atoms with E-state index in [0.29, 0.717) is 0 Å². The molecule has 0 spiro atoms. The Hall–Kier alpha value is -0.610. The van der Waals surface area contributed by atoms with Gasteiger partial charge < -0.3 is 10.1 Å². The van der Waals surface area contributed by atoms with Crippen LogP contribution in [0.5, 0.6) is 0 Å². The van der Waals surface area contributed by atoms with Gasteiger partial charge in [-0.3, -0.25) is 0 Å². The quantitative estimate of drug-likeness (QED) is 0.876. The lowest BCUT2D eigenvalue weighted by atomic mass is 9.94. The Morgan fingerprint density at radius 3 is 2.50 bits per heavy atom. The molecule has 0 amide bonds. The number of hydrogen-bond donors (Lipinski definition) is 1. The maximum Gasteiger partial charge on any atom is 0.124 e. The van der Waals surface area contributed by atoms with Gasteiger partial charge in [-0.25, -0.2) is 4.39 Å². The van der Waals surface area contributed by atoms with Crippen LogP contribution in [0, 0.1) is 5.82 Å². The number of benzene rings is 1. The molecule has 4 heteroatoms. The number of nitrogens with one attached hydrogen (secondary N) is 1. The van der Waals surface area contributed by atoms with E-state index in [9.17, 15) is 4.39 Å². The van der Waals surface area contributed by atoms with Crippen molar-refractivity contribution < 1.29 is 9.13 Å². The summed E-state index contributed by atoms with van der Waals surface area (Å²) in [5.74, 6) is -0.241. The molecular formula is C14H19BrFNO. The minimum absolute atomic E-state index is 0.131. The summed E-state index contributed by atoms with van der Waals surface area (Å²) in [6.45, 7) is 8.35. The highest BCUT2D eigenvalue weighted by atomic mass is 79.9. The van der Waals surface area contributed by atoms with E-state index in [1.54, 1.807) is 6.07 Å². The second-order valence-electron chi connectivity index (χ2n) is 5.99. The van der Waals surface area contributed by atoms with Crippen molar-refractivity contribution in [3.63, 3.8) is 0 Å². The van der Waals surface area contributed by atoms with Crippen LogP contribution in [-0.4, -0.2) is 17.2 Å². The van der Waals surface area contributed by atoms with Gasteiger partial charge in [0.15, 0.2) is 0 Å². The predicted octanol–water partition coefficient (Wildman–Crippen LogP) is 4.35. The zero-order valence-corrected chi connectivity index (χ0v) is 12.8. The average molecular weight is 316 g/mol. The monoisotopic (exact) mass is 315 g/mol. The van der Waals surface area contributed by atoms with Crippen LogP contribution in [0.25, 0.3) is 0 Å². The van der Waals surface area contributed by atoms with E-state index in [1.807, 2.05) is 0 Å². The molecule has 0 aromatic heterocycles. The van der Waals surface area contributed by atoms with Gasteiger partial charge in [0.2, 0.25) is 0 Å². The van der Waals surface area contributed by atoms with E-state index in [2.05, 4.69) is 48.9 Å². The van der Waals surface area contributed by atoms with Crippen molar-refractivity contribution in [3.8, 4) is 0 Å². The Morgan fingerprint density at radius 1 is 1.33 bits per heavy atom. The van der Waals surface area contributed by atoms with Crippen molar-refractivity contribution in [1.29, 1.82) is 0 Å². The molecule has 2 nitrogen and oxygen atoms in total. The van der Waals surface area contributed by atoms with Crippen LogP contribution in [0.3, 0.4) is 0 Å². The first-order valence-corrected chi connectivity index (χ1v) is 6.91. The van der Waals surface area contributed by atoms with Crippen LogP contribution in [-0.2, 0) is 4.74 Å². The van der Waals surface area contributed by atoms with Gasteiger partial charge in [-0.05, 0) is 68.2 Å². The van der Waals surface area contributed by atoms with Crippen molar-refractivity contribution in [2.45, 2.75) is 51.4 Å². The van der Waals surface area contributed by atoms with E-state index in [-0.39, 0.29) is 23.1 Å². The fourth-order valence-electron chi connectivity index (χ4n) is 2.58. The molecule has 1 aromatic carbocycles. The SMILES string of the molecule is CC1(C)CC(Nc2ccc(F)cc2Br)C(C)(C)O1. The van der Waals surface area contributed by atoms with Crippen LogP contribution in [0.4, 0.5) is 10.1 Å². The number of rotatable bonds is 2. The van der Waals surface area contributed by atoms with Crippen molar-refractivity contribution in [2.24, 2.45) is 0 Å². The Balaban J connectivity index is 2.19. The molecule has 1 heterocycles. The Bertz CT molecular complexity index is 459. The highest BCUT2D eigenvalue weighted by molar-refractivity contribution is 9.10. The van der Waals surface area contributed by atoms with E-state index in [4.69, 9.17) is 4.74 Å². The van der Waals surface area contributed by atoms with Gasteiger partial charge in [0, 0.05) is 10.2 Å². The highest BCUT2D eigenvalue weighted by Crippen LogP contribution is 2.39.